The highest BCUT2D eigenvalue weighted by Crippen LogP contribution is 2.08. The van der Waals surface area contributed by atoms with Crippen LogP contribution in [0.2, 0.25) is 0 Å². The molecular weight excluding hydrogens is 234 g/mol. The minimum Gasteiger partial charge on any atom is -0.311 e. The van der Waals surface area contributed by atoms with Crippen molar-refractivity contribution >= 4 is 11.8 Å². The van der Waals surface area contributed by atoms with E-state index in [2.05, 4.69) is 27.5 Å². The summed E-state index contributed by atoms with van der Waals surface area (Å²) in [5.74, 6) is 2.53. The fourth-order valence-electron chi connectivity index (χ4n) is 1.85. The van der Waals surface area contributed by atoms with E-state index in [4.69, 9.17) is 0 Å². The van der Waals surface area contributed by atoms with Crippen LogP contribution in [0.5, 0.6) is 0 Å². The van der Waals surface area contributed by atoms with Gasteiger partial charge >= 0.3 is 0 Å². The van der Waals surface area contributed by atoms with Crippen molar-refractivity contribution in [2.75, 3.05) is 37.7 Å². The maximum Gasteiger partial charge on any atom is 0.0964 e. The molecule has 0 unspecified atom stereocenters. The molecule has 1 aromatic rings. The van der Waals surface area contributed by atoms with E-state index in [-0.39, 0.29) is 0 Å². The molecule has 1 aliphatic heterocycles. The zero-order valence-electron chi connectivity index (χ0n) is 10.4. The molecule has 5 nitrogen and oxygen atoms in total. The summed E-state index contributed by atoms with van der Waals surface area (Å²) in [4.78, 5) is 2.50. The van der Waals surface area contributed by atoms with Crippen LogP contribution >= 0.6 is 11.8 Å². The van der Waals surface area contributed by atoms with Crippen LogP contribution in [0.15, 0.2) is 6.20 Å². The molecule has 96 valence electrons. The van der Waals surface area contributed by atoms with Crippen LogP contribution in [0.1, 0.15) is 12.6 Å². The molecule has 0 bridgehead atoms. The second-order valence-electron chi connectivity index (χ2n) is 4.21. The summed E-state index contributed by atoms with van der Waals surface area (Å²) in [6.07, 6.45) is 2.04. The quantitative estimate of drug-likeness (QED) is 0.799. The zero-order chi connectivity index (χ0) is 11.9. The van der Waals surface area contributed by atoms with Gasteiger partial charge in [-0.1, -0.05) is 12.1 Å². The number of aromatic nitrogens is 3. The lowest BCUT2D eigenvalue weighted by Gasteiger charge is -2.25. The molecule has 0 spiro atoms. The van der Waals surface area contributed by atoms with Crippen molar-refractivity contribution in [3.05, 3.63) is 11.9 Å². The van der Waals surface area contributed by atoms with Crippen LogP contribution in [-0.4, -0.2) is 57.6 Å². The Bertz CT molecular complexity index is 321. The largest absolute Gasteiger partial charge is 0.311 e. The van der Waals surface area contributed by atoms with E-state index in [1.165, 1.54) is 24.6 Å². The second-order valence-corrected chi connectivity index (χ2v) is 5.43. The molecule has 1 N–H and O–H groups in total. The molecule has 0 atom stereocenters. The second kappa shape index (κ2) is 6.98. The molecule has 0 radical (unpaired) electrons. The molecule has 2 rings (SSSR count). The van der Waals surface area contributed by atoms with Gasteiger partial charge in [0.1, 0.15) is 0 Å². The standard InChI is InChI=1S/C11H21N5S/c1-2-12-9-11-10-16(14-13-11)4-3-15-5-7-17-8-6-15/h10,12H,2-9H2,1H3. The lowest BCUT2D eigenvalue weighted by Crippen LogP contribution is -2.35. The highest BCUT2D eigenvalue weighted by Gasteiger charge is 2.10. The first-order chi connectivity index (χ1) is 8.38. The predicted molar refractivity (Wildman–Crippen MR) is 71.2 cm³/mol. The Morgan fingerprint density at radius 3 is 2.94 bits per heavy atom. The van der Waals surface area contributed by atoms with E-state index >= 15 is 0 Å². The summed E-state index contributed by atoms with van der Waals surface area (Å²) in [5, 5.41) is 11.5. The monoisotopic (exact) mass is 255 g/mol. The van der Waals surface area contributed by atoms with E-state index in [0.29, 0.717) is 0 Å². The highest BCUT2D eigenvalue weighted by molar-refractivity contribution is 7.99. The van der Waals surface area contributed by atoms with Gasteiger partial charge in [0.2, 0.25) is 0 Å². The Morgan fingerprint density at radius 2 is 2.18 bits per heavy atom. The average molecular weight is 255 g/mol. The third-order valence-electron chi connectivity index (χ3n) is 2.89. The van der Waals surface area contributed by atoms with Gasteiger partial charge < -0.3 is 5.32 Å². The van der Waals surface area contributed by atoms with Crippen molar-refractivity contribution in [2.24, 2.45) is 0 Å². The topological polar surface area (TPSA) is 46.0 Å². The fraction of sp³-hybridized carbons (Fsp3) is 0.818. The minimum absolute atomic E-state index is 0.816. The zero-order valence-corrected chi connectivity index (χ0v) is 11.2. The summed E-state index contributed by atoms with van der Waals surface area (Å²) in [5.41, 5.74) is 1.03. The van der Waals surface area contributed by atoms with Gasteiger partial charge in [-0.25, -0.2) is 0 Å². The van der Waals surface area contributed by atoms with Gasteiger partial charge in [-0.05, 0) is 6.54 Å². The Kier molecular flexibility index (Phi) is 5.28. The summed E-state index contributed by atoms with van der Waals surface area (Å²) >= 11 is 2.05. The molecule has 6 heteroatoms. The first-order valence-electron chi connectivity index (χ1n) is 6.28. The van der Waals surface area contributed by atoms with E-state index < -0.39 is 0 Å². The minimum atomic E-state index is 0.816. The molecule has 0 aromatic carbocycles. The number of thioether (sulfide) groups is 1. The van der Waals surface area contributed by atoms with Crippen molar-refractivity contribution in [3.8, 4) is 0 Å². The third-order valence-corrected chi connectivity index (χ3v) is 3.83. The van der Waals surface area contributed by atoms with E-state index in [1.54, 1.807) is 0 Å². The fourth-order valence-corrected chi connectivity index (χ4v) is 2.83. The Balaban J connectivity index is 1.72. The molecule has 1 aromatic heterocycles. The first-order valence-corrected chi connectivity index (χ1v) is 7.44. The van der Waals surface area contributed by atoms with Gasteiger partial charge in [0.05, 0.1) is 12.2 Å². The molecule has 2 heterocycles. The SMILES string of the molecule is CCNCc1cn(CCN2CCSCC2)nn1. The Labute approximate surface area is 107 Å². The first kappa shape index (κ1) is 12.9. The van der Waals surface area contributed by atoms with Crippen molar-refractivity contribution in [2.45, 2.75) is 20.0 Å². The molecule has 0 amide bonds. The maximum atomic E-state index is 4.15. The smallest absolute Gasteiger partial charge is 0.0964 e. The molecule has 0 saturated carbocycles. The van der Waals surface area contributed by atoms with Crippen LogP contribution < -0.4 is 5.32 Å². The summed E-state index contributed by atoms with van der Waals surface area (Å²) in [6.45, 7) is 8.34. The lowest BCUT2D eigenvalue weighted by atomic mass is 10.4. The molecule has 0 aliphatic carbocycles. The molecule has 1 saturated heterocycles. The maximum absolute atomic E-state index is 4.15. The van der Waals surface area contributed by atoms with Crippen molar-refractivity contribution in [3.63, 3.8) is 0 Å². The molecule has 17 heavy (non-hydrogen) atoms. The lowest BCUT2D eigenvalue weighted by molar-refractivity contribution is 0.283. The predicted octanol–water partition coefficient (Wildman–Crippen LogP) is 0.436. The van der Waals surface area contributed by atoms with Crippen LogP contribution in [0.3, 0.4) is 0 Å². The highest BCUT2D eigenvalue weighted by atomic mass is 32.2. The number of nitrogens with zero attached hydrogens (tertiary/aromatic N) is 4. The number of hydrogen-bond acceptors (Lipinski definition) is 5. The number of rotatable bonds is 6. The van der Waals surface area contributed by atoms with Crippen molar-refractivity contribution in [1.82, 2.24) is 25.2 Å². The summed E-state index contributed by atoms with van der Waals surface area (Å²) in [7, 11) is 0. The van der Waals surface area contributed by atoms with Crippen LogP contribution in [0.4, 0.5) is 0 Å². The summed E-state index contributed by atoms with van der Waals surface area (Å²) in [6, 6.07) is 0. The molecule has 1 aliphatic rings. The Morgan fingerprint density at radius 1 is 1.35 bits per heavy atom. The summed E-state index contributed by atoms with van der Waals surface area (Å²) < 4.78 is 1.95. The average Bonchev–Trinajstić information content (AvgIpc) is 2.83. The van der Waals surface area contributed by atoms with E-state index in [0.717, 1.165) is 31.9 Å². The van der Waals surface area contributed by atoms with Gasteiger partial charge in [-0.3, -0.25) is 9.58 Å². The van der Waals surface area contributed by atoms with Gasteiger partial charge in [0.25, 0.3) is 0 Å². The van der Waals surface area contributed by atoms with Gasteiger partial charge in [0, 0.05) is 43.9 Å². The normalized spacial score (nSPS) is 17.5. The molecular formula is C11H21N5S. The van der Waals surface area contributed by atoms with E-state index in [1.807, 2.05) is 22.6 Å². The number of nitrogens with one attached hydrogen (secondary N) is 1. The number of hydrogen-bond donors (Lipinski definition) is 1. The van der Waals surface area contributed by atoms with Gasteiger partial charge in [0.15, 0.2) is 0 Å². The third kappa shape index (κ3) is 4.29. The Hall–Kier alpha value is -0.590. The van der Waals surface area contributed by atoms with Crippen molar-refractivity contribution in [1.29, 1.82) is 0 Å². The van der Waals surface area contributed by atoms with Crippen molar-refractivity contribution < 1.29 is 0 Å². The van der Waals surface area contributed by atoms with Crippen LogP contribution in [0.25, 0.3) is 0 Å². The van der Waals surface area contributed by atoms with Gasteiger partial charge in [-0.2, -0.15) is 11.8 Å². The molecule has 1 fully saturated rings. The van der Waals surface area contributed by atoms with Crippen LogP contribution in [0, 0.1) is 0 Å². The van der Waals surface area contributed by atoms with E-state index in [9.17, 15) is 0 Å². The van der Waals surface area contributed by atoms with Gasteiger partial charge in [-0.15, -0.1) is 5.10 Å². The van der Waals surface area contributed by atoms with Crippen LogP contribution in [-0.2, 0) is 13.1 Å².